The SMILES string of the molecule is CC(=O)OCC1OC(C)C(N)C(OC(C)=O)C1OC(C)=O. The molecule has 5 unspecified atom stereocenters. The van der Waals surface area contributed by atoms with Crippen molar-refractivity contribution in [2.75, 3.05) is 6.61 Å². The minimum Gasteiger partial charge on any atom is -0.463 e. The maximum Gasteiger partial charge on any atom is 0.303 e. The minimum absolute atomic E-state index is 0.123. The second kappa shape index (κ2) is 7.37. The molecule has 0 bridgehead atoms. The van der Waals surface area contributed by atoms with Gasteiger partial charge in [-0.1, -0.05) is 0 Å². The van der Waals surface area contributed by atoms with Gasteiger partial charge in [0, 0.05) is 20.8 Å². The molecule has 21 heavy (non-hydrogen) atoms. The molecule has 1 aliphatic heterocycles. The van der Waals surface area contributed by atoms with E-state index in [2.05, 4.69) is 0 Å². The summed E-state index contributed by atoms with van der Waals surface area (Å²) in [7, 11) is 0. The van der Waals surface area contributed by atoms with E-state index in [9.17, 15) is 14.4 Å². The smallest absolute Gasteiger partial charge is 0.303 e. The summed E-state index contributed by atoms with van der Waals surface area (Å²) >= 11 is 0. The Morgan fingerprint density at radius 2 is 1.52 bits per heavy atom. The lowest BCUT2D eigenvalue weighted by Crippen LogP contribution is -2.63. The first-order valence-electron chi connectivity index (χ1n) is 6.61. The third kappa shape index (κ3) is 4.98. The largest absolute Gasteiger partial charge is 0.463 e. The molecular weight excluding hydrogens is 282 g/mol. The van der Waals surface area contributed by atoms with Gasteiger partial charge in [0.1, 0.15) is 12.7 Å². The molecule has 1 saturated heterocycles. The maximum absolute atomic E-state index is 11.2. The molecule has 2 N–H and O–H groups in total. The van der Waals surface area contributed by atoms with Gasteiger partial charge in [-0.3, -0.25) is 14.4 Å². The van der Waals surface area contributed by atoms with Crippen molar-refractivity contribution in [2.24, 2.45) is 5.73 Å². The number of ether oxygens (including phenoxy) is 4. The number of hydrogen-bond acceptors (Lipinski definition) is 8. The maximum atomic E-state index is 11.2. The van der Waals surface area contributed by atoms with Crippen LogP contribution >= 0.6 is 0 Å². The summed E-state index contributed by atoms with van der Waals surface area (Å²) in [6.45, 7) is 5.28. The van der Waals surface area contributed by atoms with Crippen molar-refractivity contribution in [1.29, 1.82) is 0 Å². The fourth-order valence-electron chi connectivity index (χ4n) is 2.15. The third-order valence-electron chi connectivity index (χ3n) is 3.06. The molecule has 1 aliphatic rings. The highest BCUT2D eigenvalue weighted by atomic mass is 16.6. The fourth-order valence-corrected chi connectivity index (χ4v) is 2.15. The van der Waals surface area contributed by atoms with Crippen molar-refractivity contribution in [3.05, 3.63) is 0 Å². The summed E-state index contributed by atoms with van der Waals surface area (Å²) in [6.07, 6.45) is -3.01. The predicted octanol–water partition coefficient (Wildman–Crippen LogP) is -0.472. The van der Waals surface area contributed by atoms with Gasteiger partial charge in [0.15, 0.2) is 12.2 Å². The molecule has 0 aliphatic carbocycles. The van der Waals surface area contributed by atoms with Gasteiger partial charge < -0.3 is 24.7 Å². The van der Waals surface area contributed by atoms with Crippen LogP contribution in [0.4, 0.5) is 0 Å². The number of carbonyl (C=O) groups excluding carboxylic acids is 3. The first kappa shape index (κ1) is 17.4. The Hall–Kier alpha value is -1.67. The van der Waals surface area contributed by atoms with Crippen molar-refractivity contribution in [1.82, 2.24) is 0 Å². The topological polar surface area (TPSA) is 114 Å². The number of rotatable bonds is 4. The molecule has 0 saturated carbocycles. The lowest BCUT2D eigenvalue weighted by atomic mass is 9.93. The van der Waals surface area contributed by atoms with Crippen molar-refractivity contribution < 1.29 is 33.3 Å². The Balaban J connectivity index is 2.94. The van der Waals surface area contributed by atoms with E-state index in [4.69, 9.17) is 24.7 Å². The Kier molecular flexibility index (Phi) is 6.10. The monoisotopic (exact) mass is 303 g/mol. The lowest BCUT2D eigenvalue weighted by Gasteiger charge is -2.42. The Morgan fingerprint density at radius 3 is 2.00 bits per heavy atom. The lowest BCUT2D eigenvalue weighted by molar-refractivity contribution is -0.217. The van der Waals surface area contributed by atoms with E-state index < -0.39 is 48.4 Å². The van der Waals surface area contributed by atoms with E-state index >= 15 is 0 Å². The van der Waals surface area contributed by atoms with Crippen LogP contribution < -0.4 is 5.73 Å². The molecule has 1 fully saturated rings. The Morgan fingerprint density at radius 1 is 1.00 bits per heavy atom. The van der Waals surface area contributed by atoms with Crippen LogP contribution in [0.25, 0.3) is 0 Å². The molecule has 0 spiro atoms. The number of hydrogen-bond donors (Lipinski definition) is 1. The third-order valence-corrected chi connectivity index (χ3v) is 3.06. The molecule has 5 atom stereocenters. The van der Waals surface area contributed by atoms with Crippen LogP contribution in [0.2, 0.25) is 0 Å². The van der Waals surface area contributed by atoms with Crippen molar-refractivity contribution >= 4 is 17.9 Å². The number of carbonyl (C=O) groups is 3. The van der Waals surface area contributed by atoms with Gasteiger partial charge >= 0.3 is 17.9 Å². The number of nitrogens with two attached hydrogens (primary N) is 1. The zero-order chi connectivity index (χ0) is 16.2. The van der Waals surface area contributed by atoms with Crippen LogP contribution in [-0.2, 0) is 33.3 Å². The average molecular weight is 303 g/mol. The van der Waals surface area contributed by atoms with E-state index in [1.54, 1.807) is 6.92 Å². The van der Waals surface area contributed by atoms with Gasteiger partial charge in [0.25, 0.3) is 0 Å². The summed E-state index contributed by atoms with van der Waals surface area (Å²) in [6, 6.07) is -0.660. The molecule has 0 radical (unpaired) electrons. The van der Waals surface area contributed by atoms with E-state index in [1.165, 1.54) is 20.8 Å². The van der Waals surface area contributed by atoms with E-state index in [-0.39, 0.29) is 6.61 Å². The molecule has 8 nitrogen and oxygen atoms in total. The van der Waals surface area contributed by atoms with Crippen molar-refractivity contribution in [3.8, 4) is 0 Å². The summed E-state index contributed by atoms with van der Waals surface area (Å²) < 4.78 is 20.8. The molecule has 8 heteroatoms. The van der Waals surface area contributed by atoms with Gasteiger partial charge in [0.05, 0.1) is 12.1 Å². The fraction of sp³-hybridized carbons (Fsp3) is 0.769. The molecule has 1 rings (SSSR count). The first-order chi connectivity index (χ1) is 9.72. The van der Waals surface area contributed by atoms with Gasteiger partial charge in [-0.15, -0.1) is 0 Å². The first-order valence-corrected chi connectivity index (χ1v) is 6.61. The molecule has 120 valence electrons. The van der Waals surface area contributed by atoms with Gasteiger partial charge in [-0.25, -0.2) is 0 Å². The summed E-state index contributed by atoms with van der Waals surface area (Å²) in [5.41, 5.74) is 5.95. The highest BCUT2D eigenvalue weighted by molar-refractivity contribution is 5.67. The van der Waals surface area contributed by atoms with Gasteiger partial charge in [-0.05, 0) is 6.92 Å². The van der Waals surface area contributed by atoms with E-state index in [1.807, 2.05) is 0 Å². The molecule has 0 aromatic carbocycles. The average Bonchev–Trinajstić information content (AvgIpc) is 2.35. The Bertz CT molecular complexity index is 411. The quantitative estimate of drug-likeness (QED) is 0.547. The van der Waals surface area contributed by atoms with Crippen molar-refractivity contribution in [3.63, 3.8) is 0 Å². The highest BCUT2D eigenvalue weighted by Gasteiger charge is 2.47. The standard InChI is InChI=1S/C13H21NO7/c1-6-11(14)13(21-9(4)17)12(20-8(3)16)10(19-6)5-18-7(2)15/h6,10-13H,5,14H2,1-4H3. The van der Waals surface area contributed by atoms with Crippen LogP contribution in [0.1, 0.15) is 27.7 Å². The molecular formula is C13H21NO7. The zero-order valence-electron chi connectivity index (χ0n) is 12.5. The summed E-state index contributed by atoms with van der Waals surface area (Å²) in [4.78, 5) is 33.4. The van der Waals surface area contributed by atoms with Crippen LogP contribution in [0.5, 0.6) is 0 Å². The van der Waals surface area contributed by atoms with Crippen LogP contribution in [0.15, 0.2) is 0 Å². The summed E-state index contributed by atoms with van der Waals surface area (Å²) in [5.74, 6) is -1.62. The van der Waals surface area contributed by atoms with E-state index in [0.29, 0.717) is 0 Å². The zero-order valence-corrected chi connectivity index (χ0v) is 12.5. The molecule has 0 aromatic heterocycles. The second-order valence-electron chi connectivity index (χ2n) is 4.91. The van der Waals surface area contributed by atoms with Crippen LogP contribution in [0, 0.1) is 0 Å². The normalized spacial score (nSPS) is 32.1. The Labute approximate surface area is 122 Å². The van der Waals surface area contributed by atoms with Crippen LogP contribution in [-0.4, -0.2) is 55.0 Å². The molecule has 1 heterocycles. The minimum atomic E-state index is -0.933. The predicted molar refractivity (Wildman–Crippen MR) is 70.1 cm³/mol. The molecule has 0 amide bonds. The molecule has 0 aromatic rings. The van der Waals surface area contributed by atoms with Crippen molar-refractivity contribution in [2.45, 2.75) is 58.2 Å². The second-order valence-corrected chi connectivity index (χ2v) is 4.91. The van der Waals surface area contributed by atoms with Gasteiger partial charge in [-0.2, -0.15) is 0 Å². The van der Waals surface area contributed by atoms with Crippen LogP contribution in [0.3, 0.4) is 0 Å². The summed E-state index contributed by atoms with van der Waals surface area (Å²) in [5, 5.41) is 0. The van der Waals surface area contributed by atoms with E-state index in [0.717, 1.165) is 0 Å². The van der Waals surface area contributed by atoms with Gasteiger partial charge in [0.2, 0.25) is 0 Å². The number of esters is 3. The highest BCUT2D eigenvalue weighted by Crippen LogP contribution is 2.25.